The van der Waals surface area contributed by atoms with Gasteiger partial charge in [0.25, 0.3) is 0 Å². The van der Waals surface area contributed by atoms with Gasteiger partial charge in [-0.2, -0.15) is 0 Å². The second kappa shape index (κ2) is 8.72. The van der Waals surface area contributed by atoms with Crippen LogP contribution in [0.2, 0.25) is 0 Å². The maximum absolute atomic E-state index is 12.7. The third-order valence-electron chi connectivity index (χ3n) is 5.80. The molecule has 2 N–H and O–H groups in total. The maximum Gasteiger partial charge on any atom is 0.407 e. The van der Waals surface area contributed by atoms with Crippen LogP contribution in [0.3, 0.4) is 0 Å². The molecule has 154 valence electrons. The molecule has 4 heteroatoms. The van der Waals surface area contributed by atoms with Crippen LogP contribution in [0.5, 0.6) is 0 Å². The molecule has 2 unspecified atom stereocenters. The minimum Gasteiger partial charge on any atom is -0.449 e. The van der Waals surface area contributed by atoms with E-state index in [4.69, 9.17) is 4.74 Å². The van der Waals surface area contributed by atoms with Crippen LogP contribution in [0.1, 0.15) is 42.5 Å². The van der Waals surface area contributed by atoms with E-state index in [-0.39, 0.29) is 18.4 Å². The smallest absolute Gasteiger partial charge is 0.407 e. The fraction of sp³-hybridized carbons (Fsp3) is 0.269. The maximum atomic E-state index is 12.7. The summed E-state index contributed by atoms with van der Waals surface area (Å²) in [4.78, 5) is 12.7. The van der Waals surface area contributed by atoms with Gasteiger partial charge in [-0.25, -0.2) is 4.79 Å². The third kappa shape index (κ3) is 3.96. The Bertz CT molecular complexity index is 970. The van der Waals surface area contributed by atoms with Crippen LogP contribution in [0.4, 0.5) is 4.79 Å². The lowest BCUT2D eigenvalue weighted by Gasteiger charge is -2.27. The number of aliphatic hydroxyl groups is 1. The van der Waals surface area contributed by atoms with E-state index in [1.165, 1.54) is 22.3 Å². The van der Waals surface area contributed by atoms with Crippen molar-refractivity contribution in [3.63, 3.8) is 0 Å². The first-order valence-corrected chi connectivity index (χ1v) is 10.4. The highest BCUT2D eigenvalue weighted by atomic mass is 16.5. The van der Waals surface area contributed by atoms with Gasteiger partial charge in [0.1, 0.15) is 6.61 Å². The van der Waals surface area contributed by atoms with Crippen LogP contribution < -0.4 is 5.32 Å². The van der Waals surface area contributed by atoms with Crippen LogP contribution >= 0.6 is 0 Å². The van der Waals surface area contributed by atoms with E-state index < -0.39 is 18.2 Å². The number of rotatable bonds is 6. The van der Waals surface area contributed by atoms with Crippen LogP contribution in [-0.2, 0) is 4.74 Å². The highest BCUT2D eigenvalue weighted by Gasteiger charge is 2.30. The van der Waals surface area contributed by atoms with Gasteiger partial charge in [-0.3, -0.25) is 0 Å². The fourth-order valence-corrected chi connectivity index (χ4v) is 4.18. The first-order chi connectivity index (χ1) is 14.6. The number of benzene rings is 3. The lowest BCUT2D eigenvalue weighted by atomic mass is 9.94. The molecule has 0 aromatic heterocycles. The average Bonchev–Trinajstić information content (AvgIpc) is 3.10. The molecule has 4 rings (SSSR count). The summed E-state index contributed by atoms with van der Waals surface area (Å²) in [5.74, 6) is -0.00237. The fourth-order valence-electron chi connectivity index (χ4n) is 4.18. The minimum absolute atomic E-state index is 0.00773. The first-order valence-electron chi connectivity index (χ1n) is 10.4. The van der Waals surface area contributed by atoms with E-state index in [2.05, 4.69) is 29.6 Å². The van der Waals surface area contributed by atoms with Crippen molar-refractivity contribution in [3.8, 4) is 11.1 Å². The van der Waals surface area contributed by atoms with Crippen LogP contribution in [-0.4, -0.2) is 23.9 Å². The Kier molecular flexibility index (Phi) is 5.86. The quantitative estimate of drug-likeness (QED) is 0.591. The molecular weight excluding hydrogens is 374 g/mol. The zero-order chi connectivity index (χ0) is 21.1. The number of hydrogen-bond acceptors (Lipinski definition) is 3. The Hall–Kier alpha value is -3.11. The van der Waals surface area contributed by atoms with E-state index in [1.54, 1.807) is 0 Å². The van der Waals surface area contributed by atoms with Gasteiger partial charge < -0.3 is 15.2 Å². The number of carbonyl (C=O) groups is 1. The summed E-state index contributed by atoms with van der Waals surface area (Å²) in [5.41, 5.74) is 5.59. The zero-order valence-electron chi connectivity index (χ0n) is 17.3. The molecule has 0 radical (unpaired) electrons. The second-order valence-electron chi connectivity index (χ2n) is 8.09. The number of alkyl carbamates (subject to hydrolysis) is 1. The molecule has 1 aliphatic rings. The van der Waals surface area contributed by atoms with E-state index in [9.17, 15) is 9.90 Å². The first kappa shape index (κ1) is 20.2. The van der Waals surface area contributed by atoms with Crippen molar-refractivity contribution in [2.75, 3.05) is 6.61 Å². The molecule has 0 aliphatic heterocycles. The average molecular weight is 402 g/mol. The van der Waals surface area contributed by atoms with Gasteiger partial charge in [0.05, 0.1) is 12.1 Å². The Morgan fingerprint density at radius 2 is 1.43 bits per heavy atom. The summed E-state index contributed by atoms with van der Waals surface area (Å²) in [6.07, 6.45) is -1.24. The lowest BCUT2D eigenvalue weighted by molar-refractivity contribution is 0.0738. The highest BCUT2D eigenvalue weighted by molar-refractivity contribution is 5.79. The highest BCUT2D eigenvalue weighted by Crippen LogP contribution is 2.44. The molecule has 0 heterocycles. The Labute approximate surface area is 177 Å². The number of aliphatic hydroxyl groups excluding tert-OH is 1. The van der Waals surface area contributed by atoms with E-state index in [1.807, 2.05) is 68.4 Å². The number of hydrogen-bond donors (Lipinski definition) is 2. The number of fused-ring (bicyclic) bond motifs is 3. The molecule has 3 aromatic carbocycles. The lowest BCUT2D eigenvalue weighted by Crippen LogP contribution is -2.39. The van der Waals surface area contributed by atoms with Gasteiger partial charge in [-0.1, -0.05) is 92.7 Å². The predicted molar refractivity (Wildman–Crippen MR) is 118 cm³/mol. The molecule has 0 bridgehead atoms. The number of nitrogens with one attached hydrogen (secondary N) is 1. The van der Waals surface area contributed by atoms with Gasteiger partial charge in [-0.15, -0.1) is 0 Å². The molecule has 0 spiro atoms. The molecule has 2 atom stereocenters. The predicted octanol–water partition coefficient (Wildman–Crippen LogP) is 5.28. The molecule has 0 fully saturated rings. The summed E-state index contributed by atoms with van der Waals surface area (Å²) in [7, 11) is 0. The normalized spacial score (nSPS) is 14.7. The topological polar surface area (TPSA) is 58.6 Å². The van der Waals surface area contributed by atoms with Gasteiger partial charge >= 0.3 is 6.09 Å². The van der Waals surface area contributed by atoms with Gasteiger partial charge in [-0.05, 0) is 33.7 Å². The monoisotopic (exact) mass is 401 g/mol. The summed E-state index contributed by atoms with van der Waals surface area (Å²) < 4.78 is 5.66. The van der Waals surface area contributed by atoms with E-state index in [0.717, 1.165) is 5.56 Å². The Morgan fingerprint density at radius 3 is 2.00 bits per heavy atom. The van der Waals surface area contributed by atoms with Crippen LogP contribution in [0, 0.1) is 5.92 Å². The summed E-state index contributed by atoms with van der Waals surface area (Å²) in [5, 5.41) is 13.5. The molecule has 30 heavy (non-hydrogen) atoms. The van der Waals surface area contributed by atoms with Gasteiger partial charge in [0.15, 0.2) is 0 Å². The van der Waals surface area contributed by atoms with Crippen molar-refractivity contribution in [2.45, 2.75) is 31.9 Å². The van der Waals surface area contributed by atoms with Crippen molar-refractivity contribution in [3.05, 3.63) is 95.6 Å². The van der Waals surface area contributed by atoms with E-state index >= 15 is 0 Å². The minimum atomic E-state index is -0.715. The molecule has 3 aromatic rings. The Morgan fingerprint density at radius 1 is 0.900 bits per heavy atom. The molecule has 0 saturated carbocycles. The molecule has 4 nitrogen and oxygen atoms in total. The van der Waals surface area contributed by atoms with Crippen molar-refractivity contribution < 1.29 is 14.6 Å². The van der Waals surface area contributed by atoms with Crippen molar-refractivity contribution in [1.82, 2.24) is 5.32 Å². The van der Waals surface area contributed by atoms with Crippen LogP contribution in [0.25, 0.3) is 11.1 Å². The van der Waals surface area contributed by atoms with Gasteiger partial charge in [0.2, 0.25) is 0 Å². The van der Waals surface area contributed by atoms with Gasteiger partial charge in [0, 0.05) is 5.92 Å². The SMILES string of the molecule is CC(C)C(O)C(NC(=O)OCC1c2ccccc2-c2ccccc21)c1ccccc1. The summed E-state index contributed by atoms with van der Waals surface area (Å²) >= 11 is 0. The number of amides is 1. The summed E-state index contributed by atoms with van der Waals surface area (Å²) in [6, 6.07) is 25.5. The molecule has 1 aliphatic carbocycles. The molecular formula is C26H27NO3. The largest absolute Gasteiger partial charge is 0.449 e. The molecule has 0 saturated heterocycles. The third-order valence-corrected chi connectivity index (χ3v) is 5.80. The molecule has 1 amide bonds. The summed E-state index contributed by atoms with van der Waals surface area (Å²) in [6.45, 7) is 4.11. The number of carbonyl (C=O) groups excluding carboxylic acids is 1. The van der Waals surface area contributed by atoms with Crippen molar-refractivity contribution >= 4 is 6.09 Å². The number of ether oxygens (including phenoxy) is 1. The van der Waals surface area contributed by atoms with E-state index in [0.29, 0.717) is 0 Å². The zero-order valence-corrected chi connectivity index (χ0v) is 17.3. The Balaban J connectivity index is 1.49. The van der Waals surface area contributed by atoms with Crippen LogP contribution in [0.15, 0.2) is 78.9 Å². The standard InChI is InChI=1S/C26H27NO3/c1-17(2)25(28)24(18-10-4-3-5-11-18)27-26(29)30-16-23-21-14-8-6-12-19(21)20-13-7-9-15-22(20)23/h3-15,17,23-25,28H,16H2,1-2H3,(H,27,29). The second-order valence-corrected chi connectivity index (χ2v) is 8.09. The van der Waals surface area contributed by atoms with Crippen molar-refractivity contribution in [1.29, 1.82) is 0 Å². The van der Waals surface area contributed by atoms with Crippen molar-refractivity contribution in [2.24, 2.45) is 5.92 Å².